The Hall–Kier alpha value is -0.130. The lowest BCUT2D eigenvalue weighted by Gasteiger charge is -2.14. The maximum atomic E-state index is 10.7. The molecule has 0 aliphatic rings. The highest BCUT2D eigenvalue weighted by Gasteiger charge is 2.11. The standard InChI is InChI=1S/C5H12NO3S/c1-5(7)4-6(2)10(3,8)9/h5,7H,1,4H2,2-3H3. The average Bonchev–Trinajstić information content (AvgIpc) is 1.60. The maximum Gasteiger partial charge on any atom is 0.211 e. The summed E-state index contributed by atoms with van der Waals surface area (Å²) in [6.07, 6.45) is 0.217. The molecule has 0 saturated heterocycles. The van der Waals surface area contributed by atoms with Crippen molar-refractivity contribution in [1.29, 1.82) is 0 Å². The number of hydrogen-bond acceptors (Lipinski definition) is 3. The zero-order valence-electron chi connectivity index (χ0n) is 6.11. The van der Waals surface area contributed by atoms with E-state index in [2.05, 4.69) is 6.92 Å². The minimum atomic E-state index is -3.16. The topological polar surface area (TPSA) is 57.6 Å². The Morgan fingerprint density at radius 2 is 2.10 bits per heavy atom. The van der Waals surface area contributed by atoms with Gasteiger partial charge in [0.05, 0.1) is 12.4 Å². The molecule has 4 nitrogen and oxygen atoms in total. The number of aliphatic hydroxyl groups is 1. The lowest BCUT2D eigenvalue weighted by Crippen LogP contribution is -2.32. The van der Waals surface area contributed by atoms with E-state index in [1.165, 1.54) is 7.05 Å². The Labute approximate surface area is 61.5 Å². The van der Waals surface area contributed by atoms with E-state index >= 15 is 0 Å². The molecule has 0 heterocycles. The van der Waals surface area contributed by atoms with E-state index in [1.807, 2.05) is 0 Å². The summed E-state index contributed by atoms with van der Waals surface area (Å²) in [5.41, 5.74) is 0. The summed E-state index contributed by atoms with van der Waals surface area (Å²) in [5.74, 6) is 0. The number of rotatable bonds is 3. The van der Waals surface area contributed by atoms with Gasteiger partial charge in [0.25, 0.3) is 0 Å². The molecular formula is C5H12NO3S. The van der Waals surface area contributed by atoms with Crippen molar-refractivity contribution in [1.82, 2.24) is 4.31 Å². The molecular weight excluding hydrogens is 154 g/mol. The van der Waals surface area contributed by atoms with Crippen molar-refractivity contribution < 1.29 is 13.5 Å². The lowest BCUT2D eigenvalue weighted by molar-refractivity contribution is 0.195. The Morgan fingerprint density at radius 3 is 2.20 bits per heavy atom. The number of hydrogen-bond donors (Lipinski definition) is 1. The van der Waals surface area contributed by atoms with Crippen molar-refractivity contribution in [2.75, 3.05) is 19.8 Å². The highest BCUT2D eigenvalue weighted by molar-refractivity contribution is 7.88. The third kappa shape index (κ3) is 3.81. The van der Waals surface area contributed by atoms with Gasteiger partial charge in [-0.25, -0.2) is 12.7 Å². The Bertz CT molecular complexity index is 185. The van der Waals surface area contributed by atoms with E-state index in [0.717, 1.165) is 10.6 Å². The third-order valence-electron chi connectivity index (χ3n) is 1.03. The van der Waals surface area contributed by atoms with Gasteiger partial charge in [0, 0.05) is 13.6 Å². The molecule has 61 valence electrons. The molecule has 0 bridgehead atoms. The van der Waals surface area contributed by atoms with Crippen LogP contribution in [0.5, 0.6) is 0 Å². The summed E-state index contributed by atoms with van der Waals surface area (Å²) < 4.78 is 22.4. The molecule has 0 aromatic carbocycles. The van der Waals surface area contributed by atoms with E-state index in [-0.39, 0.29) is 6.54 Å². The second-order valence-corrected chi connectivity index (χ2v) is 4.29. The number of aliphatic hydroxyl groups excluding tert-OH is 1. The summed E-state index contributed by atoms with van der Waals surface area (Å²) in [7, 11) is -1.77. The Morgan fingerprint density at radius 1 is 1.70 bits per heavy atom. The summed E-state index contributed by atoms with van der Waals surface area (Å²) in [6.45, 7) is 3.28. The fourth-order valence-electron chi connectivity index (χ4n) is 0.432. The van der Waals surface area contributed by atoms with Crippen LogP contribution in [0, 0.1) is 6.92 Å². The first kappa shape index (κ1) is 9.87. The second kappa shape index (κ2) is 3.32. The van der Waals surface area contributed by atoms with Gasteiger partial charge < -0.3 is 5.11 Å². The Kier molecular flexibility index (Phi) is 3.27. The van der Waals surface area contributed by atoms with Crippen LogP contribution >= 0.6 is 0 Å². The lowest BCUT2D eigenvalue weighted by atomic mass is 10.4. The molecule has 0 amide bonds. The smallest absolute Gasteiger partial charge is 0.211 e. The van der Waals surface area contributed by atoms with E-state index in [4.69, 9.17) is 5.11 Å². The van der Waals surface area contributed by atoms with Crippen LogP contribution in [0.1, 0.15) is 0 Å². The first-order valence-corrected chi connectivity index (χ1v) is 4.61. The zero-order valence-corrected chi connectivity index (χ0v) is 6.93. The fourth-order valence-corrected chi connectivity index (χ4v) is 0.875. The zero-order chi connectivity index (χ0) is 8.36. The van der Waals surface area contributed by atoms with Crippen LogP contribution in [0.3, 0.4) is 0 Å². The second-order valence-electron chi connectivity index (χ2n) is 2.20. The van der Waals surface area contributed by atoms with Gasteiger partial charge in [-0.2, -0.15) is 0 Å². The van der Waals surface area contributed by atoms with Crippen molar-refractivity contribution in [2.45, 2.75) is 6.10 Å². The van der Waals surface area contributed by atoms with Crippen molar-refractivity contribution in [3.63, 3.8) is 0 Å². The predicted octanol–water partition coefficient (Wildman–Crippen LogP) is -0.927. The summed E-state index contributed by atoms with van der Waals surface area (Å²) in [5, 5.41) is 8.67. The molecule has 1 atom stereocenters. The highest BCUT2D eigenvalue weighted by atomic mass is 32.2. The largest absolute Gasteiger partial charge is 0.392 e. The van der Waals surface area contributed by atoms with Gasteiger partial charge >= 0.3 is 0 Å². The van der Waals surface area contributed by atoms with Crippen LogP contribution in [-0.2, 0) is 10.0 Å². The van der Waals surface area contributed by atoms with Gasteiger partial charge in [0.15, 0.2) is 0 Å². The molecule has 0 aliphatic carbocycles. The minimum Gasteiger partial charge on any atom is -0.392 e. The summed E-state index contributed by atoms with van der Waals surface area (Å²) in [6, 6.07) is 0. The number of nitrogens with zero attached hydrogens (tertiary/aromatic N) is 1. The summed E-state index contributed by atoms with van der Waals surface area (Å²) >= 11 is 0. The molecule has 0 fully saturated rings. The third-order valence-corrected chi connectivity index (χ3v) is 2.32. The molecule has 1 radical (unpaired) electrons. The number of likely N-dealkylation sites (N-methyl/N-ethyl adjacent to an activating group) is 1. The molecule has 0 aromatic heterocycles. The van der Waals surface area contributed by atoms with Gasteiger partial charge in [-0.3, -0.25) is 0 Å². The average molecular weight is 166 g/mol. The SMILES string of the molecule is [CH2]C(O)CN(C)S(C)(=O)=O. The van der Waals surface area contributed by atoms with E-state index < -0.39 is 16.1 Å². The fraction of sp³-hybridized carbons (Fsp3) is 0.800. The van der Waals surface area contributed by atoms with Crippen LogP contribution < -0.4 is 0 Å². The van der Waals surface area contributed by atoms with Gasteiger partial charge in [-0.15, -0.1) is 0 Å². The van der Waals surface area contributed by atoms with E-state index in [9.17, 15) is 8.42 Å². The van der Waals surface area contributed by atoms with Crippen molar-refractivity contribution in [2.24, 2.45) is 0 Å². The molecule has 1 N–H and O–H groups in total. The highest BCUT2D eigenvalue weighted by Crippen LogP contribution is 1.93. The van der Waals surface area contributed by atoms with Crippen LogP contribution in [0.15, 0.2) is 0 Å². The first-order chi connectivity index (χ1) is 4.34. The van der Waals surface area contributed by atoms with Gasteiger partial charge in [0.2, 0.25) is 10.0 Å². The molecule has 0 aliphatic heterocycles. The van der Waals surface area contributed by atoms with E-state index in [1.54, 1.807) is 0 Å². The molecule has 1 unspecified atom stereocenters. The molecule has 0 rings (SSSR count). The summed E-state index contributed by atoms with van der Waals surface area (Å²) in [4.78, 5) is 0. The van der Waals surface area contributed by atoms with Crippen molar-refractivity contribution in [3.05, 3.63) is 6.92 Å². The molecule has 10 heavy (non-hydrogen) atoms. The van der Waals surface area contributed by atoms with Gasteiger partial charge in [0.1, 0.15) is 0 Å². The van der Waals surface area contributed by atoms with Crippen LogP contribution in [0.25, 0.3) is 0 Å². The van der Waals surface area contributed by atoms with Crippen LogP contribution in [0.4, 0.5) is 0 Å². The quantitative estimate of drug-likeness (QED) is 0.589. The molecule has 5 heteroatoms. The number of sulfonamides is 1. The maximum absolute atomic E-state index is 10.7. The molecule has 0 aromatic rings. The molecule has 0 saturated carbocycles. The monoisotopic (exact) mass is 166 g/mol. The van der Waals surface area contributed by atoms with E-state index in [0.29, 0.717) is 0 Å². The van der Waals surface area contributed by atoms with Gasteiger partial charge in [-0.1, -0.05) is 0 Å². The van der Waals surface area contributed by atoms with Crippen molar-refractivity contribution in [3.8, 4) is 0 Å². The minimum absolute atomic E-state index is 0.0405. The van der Waals surface area contributed by atoms with Crippen LogP contribution in [-0.4, -0.2) is 43.8 Å². The molecule has 0 spiro atoms. The van der Waals surface area contributed by atoms with Gasteiger partial charge in [-0.05, 0) is 6.92 Å². The van der Waals surface area contributed by atoms with Crippen molar-refractivity contribution >= 4 is 10.0 Å². The van der Waals surface area contributed by atoms with Crippen LogP contribution in [0.2, 0.25) is 0 Å². The first-order valence-electron chi connectivity index (χ1n) is 2.76. The normalized spacial score (nSPS) is 15.7. The Balaban J connectivity index is 3.99. The predicted molar refractivity (Wildman–Crippen MR) is 38.8 cm³/mol.